The highest BCUT2D eigenvalue weighted by Gasteiger charge is 2.61. The highest BCUT2D eigenvalue weighted by atomic mass is 16.4. The molecule has 136 valence electrons. The molecule has 2 amide bonds. The molecular weight excluding hydrogens is 342 g/mol. The van der Waals surface area contributed by atoms with Crippen molar-refractivity contribution in [3.05, 3.63) is 70.8 Å². The van der Waals surface area contributed by atoms with E-state index in [2.05, 4.69) is 24.3 Å². The Labute approximate surface area is 156 Å². The van der Waals surface area contributed by atoms with Crippen molar-refractivity contribution in [2.24, 2.45) is 11.8 Å². The molecule has 0 aromatic heterocycles. The number of aliphatic carboxylic acids is 1. The van der Waals surface area contributed by atoms with Crippen LogP contribution in [0.15, 0.2) is 48.5 Å². The third kappa shape index (κ3) is 2.14. The van der Waals surface area contributed by atoms with E-state index in [0.717, 1.165) is 22.3 Å². The van der Waals surface area contributed by atoms with Gasteiger partial charge in [0.2, 0.25) is 11.8 Å². The Kier molecular flexibility index (Phi) is 3.47. The second-order valence-corrected chi connectivity index (χ2v) is 7.59. The lowest BCUT2D eigenvalue weighted by Crippen LogP contribution is -2.41. The first-order valence-electron chi connectivity index (χ1n) is 9.34. The van der Waals surface area contributed by atoms with E-state index in [4.69, 9.17) is 5.11 Å². The lowest BCUT2D eigenvalue weighted by Gasteiger charge is -2.45. The van der Waals surface area contributed by atoms with E-state index in [0.29, 0.717) is 6.42 Å². The van der Waals surface area contributed by atoms with Crippen LogP contribution in [0.3, 0.4) is 0 Å². The second-order valence-electron chi connectivity index (χ2n) is 7.59. The predicted octanol–water partition coefficient (Wildman–Crippen LogP) is 2.74. The summed E-state index contributed by atoms with van der Waals surface area (Å²) in [6.45, 7) is 0.184. The summed E-state index contributed by atoms with van der Waals surface area (Å²) in [6, 6.07) is 16.3. The van der Waals surface area contributed by atoms with Crippen LogP contribution in [0.5, 0.6) is 0 Å². The van der Waals surface area contributed by atoms with Crippen LogP contribution in [-0.2, 0) is 14.4 Å². The molecule has 6 rings (SSSR count). The van der Waals surface area contributed by atoms with Crippen LogP contribution in [0.2, 0.25) is 0 Å². The van der Waals surface area contributed by atoms with Crippen LogP contribution in [0.4, 0.5) is 0 Å². The number of imide groups is 1. The fraction of sp³-hybridized carbons (Fsp3) is 0.318. The molecule has 0 spiro atoms. The first kappa shape index (κ1) is 16.2. The minimum absolute atomic E-state index is 0.0420. The summed E-state index contributed by atoms with van der Waals surface area (Å²) in [6.07, 6.45) is 0.251. The Morgan fingerprint density at radius 3 is 1.59 bits per heavy atom. The molecule has 1 aliphatic heterocycles. The summed E-state index contributed by atoms with van der Waals surface area (Å²) < 4.78 is 0. The number of carboxylic acid groups (broad SMARTS) is 1. The fourth-order valence-corrected chi connectivity index (χ4v) is 5.35. The zero-order chi connectivity index (χ0) is 18.7. The maximum atomic E-state index is 13.2. The van der Waals surface area contributed by atoms with Gasteiger partial charge in [0.1, 0.15) is 0 Å². The first-order chi connectivity index (χ1) is 13.1. The number of carboxylic acids is 1. The Morgan fingerprint density at radius 1 is 0.815 bits per heavy atom. The maximum absolute atomic E-state index is 13.2. The molecule has 2 aromatic carbocycles. The van der Waals surface area contributed by atoms with Crippen molar-refractivity contribution >= 4 is 17.8 Å². The molecule has 5 nitrogen and oxygen atoms in total. The molecule has 5 heteroatoms. The Hall–Kier alpha value is -2.95. The topological polar surface area (TPSA) is 74.7 Å². The summed E-state index contributed by atoms with van der Waals surface area (Å²) >= 11 is 0. The molecule has 0 unspecified atom stereocenters. The van der Waals surface area contributed by atoms with Crippen molar-refractivity contribution in [2.45, 2.75) is 24.7 Å². The maximum Gasteiger partial charge on any atom is 0.303 e. The SMILES string of the molecule is O=C(O)CCCN1C(=O)[C@@H]2C3c4ccccc4C(c4ccccc43)[C@@H]2C1=O. The average molecular weight is 361 g/mol. The number of likely N-dealkylation sites (tertiary alicyclic amines) is 1. The fourth-order valence-electron chi connectivity index (χ4n) is 5.35. The Balaban J connectivity index is 1.60. The number of hydrogen-bond donors (Lipinski definition) is 1. The molecule has 2 bridgehead atoms. The molecule has 0 radical (unpaired) electrons. The van der Waals surface area contributed by atoms with Gasteiger partial charge in [0.25, 0.3) is 0 Å². The molecule has 1 heterocycles. The summed E-state index contributed by atoms with van der Waals surface area (Å²) in [5.74, 6) is -2.16. The standard InChI is InChI=1S/C22H19NO4/c24-16(25)10-5-11-23-21(26)19-17-12-6-1-2-7-13(12)18(20(19)22(23)27)15-9-4-3-8-14(15)17/h1-4,6-9,17-20H,5,10-11H2,(H,24,25)/t17?,18?,19-,20+. The van der Waals surface area contributed by atoms with Gasteiger partial charge < -0.3 is 5.11 Å². The van der Waals surface area contributed by atoms with Gasteiger partial charge in [0.05, 0.1) is 11.8 Å². The van der Waals surface area contributed by atoms with E-state index in [1.54, 1.807) is 0 Å². The van der Waals surface area contributed by atoms with Crippen LogP contribution in [0.25, 0.3) is 0 Å². The van der Waals surface area contributed by atoms with Crippen LogP contribution in [0.1, 0.15) is 46.9 Å². The van der Waals surface area contributed by atoms with Gasteiger partial charge in [-0.1, -0.05) is 48.5 Å². The van der Waals surface area contributed by atoms with E-state index in [-0.39, 0.29) is 48.5 Å². The van der Waals surface area contributed by atoms with Crippen LogP contribution in [0, 0.1) is 11.8 Å². The minimum Gasteiger partial charge on any atom is -0.481 e. The van der Waals surface area contributed by atoms with Gasteiger partial charge in [0, 0.05) is 24.8 Å². The zero-order valence-corrected chi connectivity index (χ0v) is 14.7. The molecule has 27 heavy (non-hydrogen) atoms. The van der Waals surface area contributed by atoms with Crippen molar-refractivity contribution in [3.8, 4) is 0 Å². The smallest absolute Gasteiger partial charge is 0.303 e. The van der Waals surface area contributed by atoms with Crippen molar-refractivity contribution in [3.63, 3.8) is 0 Å². The third-order valence-electron chi connectivity index (χ3n) is 6.31. The van der Waals surface area contributed by atoms with Gasteiger partial charge in [-0.15, -0.1) is 0 Å². The second kappa shape index (κ2) is 5.78. The number of amides is 2. The number of rotatable bonds is 4. The van der Waals surface area contributed by atoms with E-state index < -0.39 is 5.97 Å². The summed E-state index contributed by atoms with van der Waals surface area (Å²) in [7, 11) is 0. The van der Waals surface area contributed by atoms with Gasteiger partial charge in [0.15, 0.2) is 0 Å². The number of nitrogens with zero attached hydrogens (tertiary/aromatic N) is 1. The van der Waals surface area contributed by atoms with Crippen molar-refractivity contribution < 1.29 is 19.5 Å². The largest absolute Gasteiger partial charge is 0.481 e. The third-order valence-corrected chi connectivity index (χ3v) is 6.31. The average Bonchev–Trinajstić information content (AvgIpc) is 2.93. The van der Waals surface area contributed by atoms with E-state index in [1.807, 2.05) is 24.3 Å². The van der Waals surface area contributed by atoms with Crippen molar-refractivity contribution in [2.75, 3.05) is 6.54 Å². The van der Waals surface area contributed by atoms with E-state index in [9.17, 15) is 14.4 Å². The molecule has 1 fully saturated rings. The van der Waals surface area contributed by atoms with Crippen LogP contribution in [-0.4, -0.2) is 34.3 Å². The number of benzene rings is 2. The van der Waals surface area contributed by atoms with Gasteiger partial charge in [-0.2, -0.15) is 0 Å². The molecule has 1 saturated heterocycles. The molecular formula is C22H19NO4. The normalized spacial score (nSPS) is 27.3. The van der Waals surface area contributed by atoms with Crippen LogP contribution < -0.4 is 0 Å². The molecule has 4 aliphatic rings. The monoisotopic (exact) mass is 361 g/mol. The minimum atomic E-state index is -0.911. The van der Waals surface area contributed by atoms with E-state index in [1.165, 1.54) is 4.90 Å². The first-order valence-corrected chi connectivity index (χ1v) is 9.34. The van der Waals surface area contributed by atoms with Crippen molar-refractivity contribution in [1.29, 1.82) is 0 Å². The highest BCUT2D eigenvalue weighted by molar-refractivity contribution is 6.07. The highest BCUT2D eigenvalue weighted by Crippen LogP contribution is 2.60. The number of carbonyl (C=O) groups is 3. The van der Waals surface area contributed by atoms with Crippen LogP contribution >= 0.6 is 0 Å². The quantitative estimate of drug-likeness (QED) is 0.850. The zero-order valence-electron chi connectivity index (χ0n) is 14.7. The van der Waals surface area contributed by atoms with Gasteiger partial charge in [-0.3, -0.25) is 19.3 Å². The molecule has 1 N–H and O–H groups in total. The number of hydrogen-bond acceptors (Lipinski definition) is 3. The summed E-state index contributed by atoms with van der Waals surface area (Å²) in [5.41, 5.74) is 4.60. The molecule has 3 aliphatic carbocycles. The molecule has 2 atom stereocenters. The van der Waals surface area contributed by atoms with Gasteiger partial charge >= 0.3 is 5.97 Å². The van der Waals surface area contributed by atoms with Crippen molar-refractivity contribution in [1.82, 2.24) is 4.90 Å². The Bertz CT molecular complexity index is 866. The number of carbonyl (C=O) groups excluding carboxylic acids is 2. The predicted molar refractivity (Wildman–Crippen MR) is 97.1 cm³/mol. The lowest BCUT2D eigenvalue weighted by atomic mass is 9.55. The van der Waals surface area contributed by atoms with Gasteiger partial charge in [-0.25, -0.2) is 0 Å². The van der Waals surface area contributed by atoms with E-state index >= 15 is 0 Å². The van der Waals surface area contributed by atoms with Gasteiger partial charge in [-0.05, 0) is 28.7 Å². The lowest BCUT2D eigenvalue weighted by molar-refractivity contribution is -0.142. The summed E-state index contributed by atoms with van der Waals surface area (Å²) in [5, 5.41) is 8.87. The molecule has 0 saturated carbocycles. The molecule has 2 aromatic rings. The Morgan fingerprint density at radius 2 is 1.22 bits per heavy atom. The summed E-state index contributed by atoms with van der Waals surface area (Å²) in [4.78, 5) is 38.5.